The maximum atomic E-state index is 10.8. The Balaban J connectivity index is 1.85. The van der Waals surface area contributed by atoms with Gasteiger partial charge in [0, 0.05) is 12.1 Å². The lowest BCUT2D eigenvalue weighted by Crippen LogP contribution is -2.16. The van der Waals surface area contributed by atoms with Crippen molar-refractivity contribution in [1.82, 2.24) is 15.2 Å². The van der Waals surface area contributed by atoms with E-state index in [1.807, 2.05) is 0 Å². The van der Waals surface area contributed by atoms with Gasteiger partial charge >= 0.3 is 0 Å². The van der Waals surface area contributed by atoms with Crippen molar-refractivity contribution < 1.29 is 17.3 Å². The molecule has 12 heteroatoms. The normalized spacial score (nSPS) is 11.5. The van der Waals surface area contributed by atoms with Gasteiger partial charge in [0.2, 0.25) is 5.95 Å². The summed E-state index contributed by atoms with van der Waals surface area (Å²) in [6.07, 6.45) is 0.976. The molecule has 2 aromatic rings. The number of nitrogens with one attached hydrogen (secondary N) is 1. The quantitative estimate of drug-likeness (QED) is 0.459. The largest absolute Gasteiger partial charge is 0.382 e. The van der Waals surface area contributed by atoms with Crippen molar-refractivity contribution in [3.05, 3.63) is 28.2 Å². The summed E-state index contributed by atoms with van der Waals surface area (Å²) < 4.78 is 31.3. The summed E-state index contributed by atoms with van der Waals surface area (Å²) in [5.74, 6) is 0.370. The van der Waals surface area contributed by atoms with Gasteiger partial charge in [-0.2, -0.15) is 13.4 Å². The van der Waals surface area contributed by atoms with E-state index >= 15 is 0 Å². The Morgan fingerprint density at radius 2 is 1.96 bits per heavy atom. The smallest absolute Gasteiger partial charge is 0.264 e. The molecule has 0 saturated carbocycles. The third-order valence-corrected chi connectivity index (χ3v) is 4.39. The van der Waals surface area contributed by atoms with Gasteiger partial charge in [0.15, 0.2) is 5.82 Å². The molecule has 0 atom stereocenters. The maximum absolute atomic E-state index is 10.8. The van der Waals surface area contributed by atoms with Crippen LogP contribution in [0.5, 0.6) is 0 Å². The van der Waals surface area contributed by atoms with Crippen LogP contribution in [0.1, 0.15) is 0 Å². The van der Waals surface area contributed by atoms with Crippen molar-refractivity contribution in [2.45, 2.75) is 0 Å². The summed E-state index contributed by atoms with van der Waals surface area (Å²) >= 11 is 12.1. The van der Waals surface area contributed by atoms with E-state index in [4.69, 9.17) is 33.7 Å². The molecule has 2 rings (SSSR count). The van der Waals surface area contributed by atoms with Crippen LogP contribution in [0, 0.1) is 0 Å². The monoisotopic (exact) mass is 421 g/mol. The lowest BCUT2D eigenvalue weighted by molar-refractivity contribution is 0.110. The predicted molar refractivity (Wildman–Crippen MR) is 99.8 cm³/mol. The minimum Gasteiger partial charge on any atom is -0.382 e. The Bertz CT molecular complexity index is 866. The van der Waals surface area contributed by atoms with Crippen molar-refractivity contribution >= 4 is 45.1 Å². The molecule has 26 heavy (non-hydrogen) atoms. The van der Waals surface area contributed by atoms with E-state index in [2.05, 4.69) is 24.7 Å². The summed E-state index contributed by atoms with van der Waals surface area (Å²) in [5.41, 5.74) is 6.79. The Morgan fingerprint density at radius 1 is 1.19 bits per heavy atom. The fourth-order valence-corrected chi connectivity index (χ4v) is 2.63. The lowest BCUT2D eigenvalue weighted by atomic mass is 10.1. The first-order valence-corrected chi connectivity index (χ1v) is 9.96. The number of hydrogen-bond donors (Lipinski definition) is 2. The van der Waals surface area contributed by atoms with Gasteiger partial charge in [-0.3, -0.25) is 4.18 Å². The van der Waals surface area contributed by atoms with Gasteiger partial charge in [-0.15, -0.1) is 10.2 Å². The molecule has 9 nitrogen and oxygen atoms in total. The molecule has 0 aliphatic rings. The number of benzene rings is 1. The lowest BCUT2D eigenvalue weighted by Gasteiger charge is -2.09. The third kappa shape index (κ3) is 6.22. The Hall–Kier alpha value is -1.72. The van der Waals surface area contributed by atoms with Crippen molar-refractivity contribution in [3.8, 4) is 11.3 Å². The second-order valence-corrected chi connectivity index (χ2v) is 7.46. The molecule has 142 valence electrons. The van der Waals surface area contributed by atoms with Crippen LogP contribution in [0.25, 0.3) is 11.3 Å². The average molecular weight is 422 g/mol. The van der Waals surface area contributed by atoms with Crippen LogP contribution in [-0.4, -0.2) is 56.2 Å². The molecule has 0 aliphatic carbocycles. The SMILES string of the molecule is CS(=O)(=O)OCCOCCNc1nnc(-c2cccc(Cl)c2Cl)c(N)n1. The molecule has 0 radical (unpaired) electrons. The van der Waals surface area contributed by atoms with E-state index in [1.165, 1.54) is 0 Å². The van der Waals surface area contributed by atoms with Crippen molar-refractivity contribution in [2.75, 3.05) is 43.7 Å². The molecule has 0 amide bonds. The number of aromatic nitrogens is 3. The summed E-state index contributed by atoms with van der Waals surface area (Å²) in [6.45, 7) is 0.761. The first kappa shape index (κ1) is 20.6. The number of ether oxygens (including phenoxy) is 1. The van der Waals surface area contributed by atoms with Gasteiger partial charge < -0.3 is 15.8 Å². The van der Waals surface area contributed by atoms with Gasteiger partial charge in [0.1, 0.15) is 5.69 Å². The molecule has 3 N–H and O–H groups in total. The Labute approximate surface area is 160 Å². The third-order valence-electron chi connectivity index (χ3n) is 2.98. The number of nitrogens with zero attached hydrogens (tertiary/aromatic N) is 3. The van der Waals surface area contributed by atoms with Crippen LogP contribution >= 0.6 is 23.2 Å². The highest BCUT2D eigenvalue weighted by Gasteiger charge is 2.13. The molecular weight excluding hydrogens is 405 g/mol. The molecule has 1 aromatic heterocycles. The van der Waals surface area contributed by atoms with E-state index in [1.54, 1.807) is 18.2 Å². The zero-order valence-corrected chi connectivity index (χ0v) is 16.1. The van der Waals surface area contributed by atoms with Crippen molar-refractivity contribution in [1.29, 1.82) is 0 Å². The summed E-state index contributed by atoms with van der Waals surface area (Å²) in [5, 5.41) is 11.6. The first-order valence-electron chi connectivity index (χ1n) is 7.38. The summed E-state index contributed by atoms with van der Waals surface area (Å²) in [4.78, 5) is 4.12. The van der Waals surface area contributed by atoms with Crippen molar-refractivity contribution in [2.24, 2.45) is 0 Å². The highest BCUT2D eigenvalue weighted by atomic mass is 35.5. The zero-order chi connectivity index (χ0) is 19.2. The Morgan fingerprint density at radius 3 is 2.65 bits per heavy atom. The molecule has 0 fully saturated rings. The second kappa shape index (κ2) is 9.28. The topological polar surface area (TPSA) is 129 Å². The standard InChI is InChI=1S/C14H17Cl2N5O4S/c1-26(22,23)25-8-7-24-6-5-18-14-19-13(17)12(20-21-14)9-3-2-4-10(15)11(9)16/h2-4H,5-8H2,1H3,(H3,17,18,19,21). The van der Waals surface area contributed by atoms with Gasteiger partial charge in [-0.1, -0.05) is 35.3 Å². The number of hydrogen-bond acceptors (Lipinski definition) is 9. The second-order valence-electron chi connectivity index (χ2n) is 5.04. The number of rotatable bonds is 9. The zero-order valence-electron chi connectivity index (χ0n) is 13.8. The van der Waals surface area contributed by atoms with Crippen LogP contribution in [0.4, 0.5) is 11.8 Å². The predicted octanol–water partition coefficient (Wildman–Crippen LogP) is 1.83. The fourth-order valence-electron chi connectivity index (χ4n) is 1.87. The summed E-state index contributed by atoms with van der Waals surface area (Å²) in [6, 6.07) is 5.10. The van der Waals surface area contributed by atoms with Gasteiger partial charge in [0.25, 0.3) is 10.1 Å². The van der Waals surface area contributed by atoms with Crippen LogP contribution in [0.2, 0.25) is 10.0 Å². The van der Waals surface area contributed by atoms with Crippen LogP contribution < -0.4 is 11.1 Å². The molecule has 1 aromatic carbocycles. The minimum atomic E-state index is -3.45. The van der Waals surface area contributed by atoms with Gasteiger partial charge in [-0.05, 0) is 6.07 Å². The molecule has 0 spiro atoms. The van der Waals surface area contributed by atoms with Gasteiger partial charge in [0.05, 0.1) is 36.1 Å². The molecule has 0 bridgehead atoms. The van der Waals surface area contributed by atoms with E-state index in [0.29, 0.717) is 27.8 Å². The summed E-state index contributed by atoms with van der Waals surface area (Å²) in [7, 11) is -3.45. The number of nitrogens with two attached hydrogens (primary N) is 1. The van der Waals surface area contributed by atoms with E-state index in [9.17, 15) is 8.42 Å². The highest BCUT2D eigenvalue weighted by Crippen LogP contribution is 2.34. The highest BCUT2D eigenvalue weighted by molar-refractivity contribution is 7.85. The molecule has 0 unspecified atom stereocenters. The van der Waals surface area contributed by atoms with E-state index < -0.39 is 10.1 Å². The number of halogens is 2. The van der Waals surface area contributed by atoms with E-state index in [0.717, 1.165) is 6.26 Å². The minimum absolute atomic E-state index is 0.0427. The number of anilines is 2. The van der Waals surface area contributed by atoms with Crippen LogP contribution in [0.15, 0.2) is 18.2 Å². The number of nitrogen functional groups attached to an aromatic ring is 1. The van der Waals surface area contributed by atoms with Gasteiger partial charge in [-0.25, -0.2) is 0 Å². The average Bonchev–Trinajstić information content (AvgIpc) is 2.56. The van der Waals surface area contributed by atoms with E-state index in [-0.39, 0.29) is 31.6 Å². The van der Waals surface area contributed by atoms with Crippen LogP contribution in [-0.2, 0) is 19.0 Å². The maximum Gasteiger partial charge on any atom is 0.264 e. The Kier molecular flexibility index (Phi) is 7.35. The fraction of sp³-hybridized carbons (Fsp3) is 0.357. The molecular formula is C14H17Cl2N5O4S. The molecule has 0 aliphatic heterocycles. The first-order chi connectivity index (χ1) is 12.3. The molecule has 1 heterocycles. The van der Waals surface area contributed by atoms with Crippen molar-refractivity contribution in [3.63, 3.8) is 0 Å². The molecule has 0 saturated heterocycles. The van der Waals surface area contributed by atoms with Crippen LogP contribution in [0.3, 0.4) is 0 Å².